The molecule has 0 bridgehead atoms. The third-order valence-corrected chi connectivity index (χ3v) is 4.71. The van der Waals surface area contributed by atoms with E-state index >= 15 is 0 Å². The molecule has 2 heterocycles. The Bertz CT molecular complexity index is 1000. The molecule has 0 atom stereocenters. The smallest absolute Gasteiger partial charge is 0.416 e. The second kappa shape index (κ2) is 9.27. The second-order valence-electron chi connectivity index (χ2n) is 7.07. The topological polar surface area (TPSA) is 86.5 Å². The van der Waals surface area contributed by atoms with Crippen LogP contribution in [0, 0.1) is 0 Å². The summed E-state index contributed by atoms with van der Waals surface area (Å²) in [4.78, 5) is 25.7. The molecule has 0 N–H and O–H groups in total. The van der Waals surface area contributed by atoms with Crippen molar-refractivity contribution in [3.63, 3.8) is 0 Å². The molecule has 0 aliphatic carbocycles. The average molecular weight is 480 g/mol. The number of alkyl halides is 6. The number of aromatic nitrogens is 3. The molecular weight excluding hydrogens is 462 g/mol. The Kier molecular flexibility index (Phi) is 6.84. The Balaban J connectivity index is 1.76. The molecule has 33 heavy (non-hydrogen) atoms. The predicted molar refractivity (Wildman–Crippen MR) is 97.6 cm³/mol. The van der Waals surface area contributed by atoms with E-state index in [4.69, 9.17) is 9.47 Å². The summed E-state index contributed by atoms with van der Waals surface area (Å²) in [6, 6.07) is 0.969. The number of benzene rings is 1. The maximum Gasteiger partial charge on any atom is 0.416 e. The number of aryl methyl sites for hydroxylation is 1. The zero-order chi connectivity index (χ0) is 24.4. The van der Waals surface area contributed by atoms with E-state index in [1.165, 1.54) is 4.68 Å². The van der Waals surface area contributed by atoms with Crippen molar-refractivity contribution in [2.75, 3.05) is 13.2 Å². The van der Waals surface area contributed by atoms with Crippen LogP contribution in [-0.4, -0.2) is 45.1 Å². The molecular formula is C19H18F6N4O4. The van der Waals surface area contributed by atoms with Gasteiger partial charge in [0.2, 0.25) is 0 Å². The van der Waals surface area contributed by atoms with Crippen molar-refractivity contribution >= 4 is 12.1 Å². The lowest BCUT2D eigenvalue weighted by Gasteiger charge is -2.20. The summed E-state index contributed by atoms with van der Waals surface area (Å²) in [7, 11) is 0. The molecule has 1 aliphatic rings. The molecule has 14 heteroatoms. The summed E-state index contributed by atoms with van der Waals surface area (Å²) in [5.74, 6) is -0.738. The molecule has 1 amide bonds. The Morgan fingerprint density at radius 2 is 1.64 bits per heavy atom. The molecule has 0 fully saturated rings. The molecule has 0 saturated heterocycles. The fraction of sp³-hybridized carbons (Fsp3) is 0.474. The molecule has 8 nitrogen and oxygen atoms in total. The van der Waals surface area contributed by atoms with E-state index in [9.17, 15) is 35.9 Å². The van der Waals surface area contributed by atoms with Gasteiger partial charge >= 0.3 is 24.4 Å². The molecule has 0 radical (unpaired) electrons. The summed E-state index contributed by atoms with van der Waals surface area (Å²) in [6.45, 7) is 1.20. The standard InChI is InChI=1S/C19H18F6N4O4/c1-2-32-16(30)15-14-9-28(4-3-5-29(14)27-26-15)17(31)33-10-11-6-12(18(20,21)22)8-13(7-11)19(23,24)25/h6-8H,2-5,9-10H2,1H3. The highest BCUT2D eigenvalue weighted by molar-refractivity contribution is 5.88. The minimum atomic E-state index is -5.01. The lowest BCUT2D eigenvalue weighted by Crippen LogP contribution is -2.32. The van der Waals surface area contributed by atoms with Crippen molar-refractivity contribution in [2.24, 2.45) is 0 Å². The van der Waals surface area contributed by atoms with Crippen LogP contribution in [0.5, 0.6) is 0 Å². The largest absolute Gasteiger partial charge is 0.461 e. The first-order chi connectivity index (χ1) is 15.4. The van der Waals surface area contributed by atoms with Gasteiger partial charge in [-0.2, -0.15) is 26.3 Å². The van der Waals surface area contributed by atoms with Crippen LogP contribution in [0.15, 0.2) is 18.2 Å². The number of carbonyl (C=O) groups is 2. The van der Waals surface area contributed by atoms with Crippen LogP contribution in [0.3, 0.4) is 0 Å². The van der Waals surface area contributed by atoms with Crippen molar-refractivity contribution in [3.8, 4) is 0 Å². The predicted octanol–water partition coefficient (Wildman–Crippen LogP) is 4.03. The number of amides is 1. The first-order valence-corrected chi connectivity index (χ1v) is 9.69. The summed E-state index contributed by atoms with van der Waals surface area (Å²) >= 11 is 0. The van der Waals surface area contributed by atoms with Gasteiger partial charge in [0.1, 0.15) is 6.61 Å². The number of halogens is 6. The third kappa shape index (κ3) is 5.73. The first kappa shape index (κ1) is 24.3. The van der Waals surface area contributed by atoms with E-state index < -0.39 is 47.7 Å². The zero-order valence-electron chi connectivity index (χ0n) is 17.2. The first-order valence-electron chi connectivity index (χ1n) is 9.69. The maximum atomic E-state index is 13.0. The summed E-state index contributed by atoms with van der Waals surface area (Å²) < 4.78 is 89.3. The third-order valence-electron chi connectivity index (χ3n) is 4.71. The van der Waals surface area contributed by atoms with E-state index in [2.05, 4.69) is 10.3 Å². The van der Waals surface area contributed by atoms with Gasteiger partial charge in [0.15, 0.2) is 5.69 Å². The number of hydrogen-bond donors (Lipinski definition) is 0. The lowest BCUT2D eigenvalue weighted by atomic mass is 10.1. The molecule has 1 aromatic heterocycles. The minimum absolute atomic E-state index is 0.00874. The van der Waals surface area contributed by atoms with E-state index in [0.717, 1.165) is 4.90 Å². The van der Waals surface area contributed by atoms with Gasteiger partial charge in [-0.3, -0.25) is 0 Å². The Morgan fingerprint density at radius 3 is 2.21 bits per heavy atom. The van der Waals surface area contributed by atoms with Crippen LogP contribution in [-0.2, 0) is 41.5 Å². The maximum absolute atomic E-state index is 13.0. The van der Waals surface area contributed by atoms with Gasteiger partial charge in [0.05, 0.1) is 30.0 Å². The fourth-order valence-electron chi connectivity index (χ4n) is 3.19. The molecule has 0 unspecified atom stereocenters. The molecule has 3 rings (SSSR count). The van der Waals surface area contributed by atoms with Gasteiger partial charge in [-0.15, -0.1) is 5.10 Å². The van der Waals surface area contributed by atoms with Crippen LogP contribution in [0.25, 0.3) is 0 Å². The van der Waals surface area contributed by atoms with Crippen molar-refractivity contribution in [2.45, 2.75) is 45.4 Å². The van der Waals surface area contributed by atoms with Crippen LogP contribution in [0.4, 0.5) is 31.1 Å². The minimum Gasteiger partial charge on any atom is -0.461 e. The highest BCUT2D eigenvalue weighted by Gasteiger charge is 2.37. The van der Waals surface area contributed by atoms with Crippen molar-refractivity contribution in [1.82, 2.24) is 19.9 Å². The highest BCUT2D eigenvalue weighted by Crippen LogP contribution is 2.36. The Labute approximate surface area is 183 Å². The van der Waals surface area contributed by atoms with Crippen LogP contribution in [0.2, 0.25) is 0 Å². The highest BCUT2D eigenvalue weighted by atomic mass is 19.4. The number of fused-ring (bicyclic) bond motifs is 1. The van der Waals surface area contributed by atoms with E-state index in [-0.39, 0.29) is 37.2 Å². The second-order valence-corrected chi connectivity index (χ2v) is 7.07. The number of nitrogens with zero attached hydrogens (tertiary/aromatic N) is 4. The van der Waals surface area contributed by atoms with E-state index in [1.54, 1.807) is 6.92 Å². The molecule has 1 aromatic carbocycles. The van der Waals surface area contributed by atoms with Gasteiger partial charge < -0.3 is 14.4 Å². The Morgan fingerprint density at radius 1 is 1.00 bits per heavy atom. The van der Waals surface area contributed by atoms with Gasteiger partial charge in [0.25, 0.3) is 0 Å². The van der Waals surface area contributed by atoms with Crippen LogP contribution in [0.1, 0.15) is 46.2 Å². The fourth-order valence-corrected chi connectivity index (χ4v) is 3.19. The molecule has 2 aromatic rings. The van der Waals surface area contributed by atoms with Gasteiger partial charge in [-0.1, -0.05) is 5.21 Å². The number of rotatable bonds is 4. The Hall–Kier alpha value is -3.32. The summed E-state index contributed by atoms with van der Waals surface area (Å²) in [5.41, 5.74) is -3.30. The van der Waals surface area contributed by atoms with E-state index in [0.29, 0.717) is 25.1 Å². The zero-order valence-corrected chi connectivity index (χ0v) is 17.2. The number of esters is 1. The van der Waals surface area contributed by atoms with Crippen LogP contribution >= 0.6 is 0 Å². The van der Waals surface area contributed by atoms with Gasteiger partial charge in [0, 0.05) is 13.1 Å². The molecule has 1 aliphatic heterocycles. The number of hydrogen-bond acceptors (Lipinski definition) is 6. The monoisotopic (exact) mass is 480 g/mol. The normalized spacial score (nSPS) is 14.5. The quantitative estimate of drug-likeness (QED) is 0.485. The lowest BCUT2D eigenvalue weighted by molar-refractivity contribution is -0.143. The van der Waals surface area contributed by atoms with Crippen LogP contribution < -0.4 is 0 Å². The molecule has 180 valence electrons. The average Bonchev–Trinajstić information content (AvgIpc) is 3.00. The number of carbonyl (C=O) groups excluding carboxylic acids is 2. The van der Waals surface area contributed by atoms with Gasteiger partial charge in [-0.05, 0) is 37.1 Å². The summed E-state index contributed by atoms with van der Waals surface area (Å²) in [6.07, 6.45) is -10.6. The van der Waals surface area contributed by atoms with E-state index in [1.807, 2.05) is 0 Å². The van der Waals surface area contributed by atoms with Crippen molar-refractivity contribution < 1.29 is 45.4 Å². The summed E-state index contributed by atoms with van der Waals surface area (Å²) in [5, 5.41) is 7.60. The van der Waals surface area contributed by atoms with Gasteiger partial charge in [-0.25, -0.2) is 14.3 Å². The SMILES string of the molecule is CCOC(=O)c1nnn2c1CN(C(=O)OCc1cc(C(F)(F)F)cc(C(F)(F)F)c1)CCC2. The number of ether oxygens (including phenoxy) is 2. The van der Waals surface area contributed by atoms with Crippen molar-refractivity contribution in [3.05, 3.63) is 46.3 Å². The molecule has 0 saturated carbocycles. The van der Waals surface area contributed by atoms with Crippen molar-refractivity contribution in [1.29, 1.82) is 0 Å². The molecule has 0 spiro atoms.